The number of esters is 1. The van der Waals surface area contributed by atoms with Crippen molar-refractivity contribution < 1.29 is 19.1 Å². The number of likely N-dealkylation sites (tertiary alicyclic amines) is 1. The first-order chi connectivity index (χ1) is 14.0. The number of likely N-dealkylation sites (N-methyl/N-ethyl adjacent to an activating group) is 1. The van der Waals surface area contributed by atoms with Crippen molar-refractivity contribution in [1.82, 2.24) is 14.8 Å². The fraction of sp³-hybridized carbons (Fsp3) is 0.524. The summed E-state index contributed by atoms with van der Waals surface area (Å²) in [4.78, 5) is 44.8. The lowest BCUT2D eigenvalue weighted by Gasteiger charge is -2.23. The molecule has 7 nitrogen and oxygen atoms in total. The monoisotopic (exact) mass is 415 g/mol. The van der Waals surface area contributed by atoms with Gasteiger partial charge in [-0.3, -0.25) is 14.4 Å². The normalized spacial score (nSPS) is 19.8. The molecule has 1 aliphatic carbocycles. The van der Waals surface area contributed by atoms with Gasteiger partial charge in [0.05, 0.1) is 22.7 Å². The number of thiazole rings is 1. The van der Waals surface area contributed by atoms with Crippen LogP contribution >= 0.6 is 11.3 Å². The molecule has 0 radical (unpaired) electrons. The Kier molecular flexibility index (Phi) is 5.80. The zero-order valence-electron chi connectivity index (χ0n) is 16.5. The largest absolute Gasteiger partial charge is 0.455 e. The highest BCUT2D eigenvalue weighted by Gasteiger charge is 2.39. The second kappa shape index (κ2) is 8.49. The average Bonchev–Trinajstić information content (AvgIpc) is 3.44. The van der Waals surface area contributed by atoms with Crippen molar-refractivity contribution in [2.24, 2.45) is 5.92 Å². The number of nitrogens with zero attached hydrogens (tertiary/aromatic N) is 3. The summed E-state index contributed by atoms with van der Waals surface area (Å²) in [6.45, 7) is 0.472. The first-order valence-electron chi connectivity index (χ1n) is 10.1. The number of aromatic nitrogens is 1. The van der Waals surface area contributed by atoms with Gasteiger partial charge in [-0.05, 0) is 25.0 Å². The zero-order chi connectivity index (χ0) is 20.4. The highest BCUT2D eigenvalue weighted by molar-refractivity contribution is 7.18. The summed E-state index contributed by atoms with van der Waals surface area (Å²) in [6.07, 6.45) is 4.49. The Morgan fingerprint density at radius 2 is 2.03 bits per heavy atom. The van der Waals surface area contributed by atoms with Crippen LogP contribution in [0.3, 0.4) is 0 Å². The average molecular weight is 416 g/mol. The predicted octanol–water partition coefficient (Wildman–Crippen LogP) is 2.59. The number of hydrogen-bond donors (Lipinski definition) is 0. The van der Waals surface area contributed by atoms with Gasteiger partial charge in [0.2, 0.25) is 5.91 Å². The van der Waals surface area contributed by atoms with Crippen molar-refractivity contribution in [3.63, 3.8) is 0 Å². The van der Waals surface area contributed by atoms with E-state index in [1.54, 1.807) is 18.4 Å². The lowest BCUT2D eigenvalue weighted by atomic mass is 10.1. The number of carbonyl (C=O) groups excluding carboxylic acids is 3. The number of hydrogen-bond acceptors (Lipinski definition) is 6. The van der Waals surface area contributed by atoms with Crippen LogP contribution in [0.15, 0.2) is 24.3 Å². The van der Waals surface area contributed by atoms with E-state index in [1.807, 2.05) is 29.2 Å². The second-order valence-corrected chi connectivity index (χ2v) is 8.93. The minimum Gasteiger partial charge on any atom is -0.455 e. The molecule has 0 unspecified atom stereocenters. The van der Waals surface area contributed by atoms with Crippen LogP contribution in [0.5, 0.6) is 0 Å². The molecule has 0 bridgehead atoms. The number of amides is 2. The molecule has 8 heteroatoms. The van der Waals surface area contributed by atoms with Gasteiger partial charge in [-0.2, -0.15) is 0 Å². The van der Waals surface area contributed by atoms with Gasteiger partial charge >= 0.3 is 5.97 Å². The topological polar surface area (TPSA) is 79.8 Å². The maximum Gasteiger partial charge on any atom is 0.311 e. The zero-order valence-corrected chi connectivity index (χ0v) is 17.3. The highest BCUT2D eigenvalue weighted by atomic mass is 32.1. The molecule has 2 amide bonds. The Morgan fingerprint density at radius 1 is 1.28 bits per heavy atom. The summed E-state index contributed by atoms with van der Waals surface area (Å²) in [5.74, 6) is -1.18. The summed E-state index contributed by atoms with van der Waals surface area (Å²) in [5, 5.41) is 0.835. The molecule has 1 aromatic heterocycles. The van der Waals surface area contributed by atoms with Crippen molar-refractivity contribution in [1.29, 1.82) is 0 Å². The van der Waals surface area contributed by atoms with E-state index < -0.39 is 11.9 Å². The fourth-order valence-corrected chi connectivity index (χ4v) is 5.12. The Bertz CT molecular complexity index is 889. The Morgan fingerprint density at radius 3 is 2.79 bits per heavy atom. The molecule has 2 fully saturated rings. The van der Waals surface area contributed by atoms with E-state index in [1.165, 1.54) is 4.90 Å². The van der Waals surface area contributed by atoms with E-state index in [4.69, 9.17) is 4.74 Å². The van der Waals surface area contributed by atoms with Crippen LogP contribution in [0.4, 0.5) is 0 Å². The van der Waals surface area contributed by atoms with E-state index in [-0.39, 0.29) is 30.9 Å². The molecular weight excluding hydrogens is 390 g/mol. The third-order valence-corrected chi connectivity index (χ3v) is 6.75. The van der Waals surface area contributed by atoms with Gasteiger partial charge < -0.3 is 14.5 Å². The lowest BCUT2D eigenvalue weighted by Crippen LogP contribution is -2.35. The molecule has 2 heterocycles. The molecule has 0 N–H and O–H groups in total. The van der Waals surface area contributed by atoms with Crippen molar-refractivity contribution in [2.45, 2.75) is 44.7 Å². The summed E-state index contributed by atoms with van der Waals surface area (Å²) in [5.41, 5.74) is 0.914. The van der Waals surface area contributed by atoms with Gasteiger partial charge in [0.15, 0.2) is 6.61 Å². The third-order valence-electron chi connectivity index (χ3n) is 5.73. The molecule has 4 rings (SSSR count). The van der Waals surface area contributed by atoms with Crippen LogP contribution in [0.2, 0.25) is 0 Å². The summed E-state index contributed by atoms with van der Waals surface area (Å²) >= 11 is 1.54. The molecule has 1 saturated heterocycles. The van der Waals surface area contributed by atoms with E-state index in [2.05, 4.69) is 4.98 Å². The third kappa shape index (κ3) is 4.42. The van der Waals surface area contributed by atoms with Gasteiger partial charge in [0.1, 0.15) is 5.01 Å². The molecule has 1 saturated carbocycles. The van der Waals surface area contributed by atoms with Gasteiger partial charge in [-0.25, -0.2) is 4.98 Å². The molecule has 154 valence electrons. The lowest BCUT2D eigenvalue weighted by molar-refractivity contribution is -0.155. The van der Waals surface area contributed by atoms with Gasteiger partial charge in [0.25, 0.3) is 5.91 Å². The molecule has 1 aromatic carbocycles. The summed E-state index contributed by atoms with van der Waals surface area (Å²) < 4.78 is 6.32. The standard InChI is InChI=1S/C21H25N3O4S/c1-23(12-18-22-16-8-4-5-9-17(16)29-18)20(26)13-28-21(27)14-10-19(25)24(11-14)15-6-2-3-7-15/h4-5,8-9,14-15H,2-3,6-7,10-13H2,1H3/t14-/m0/s1. The minimum absolute atomic E-state index is 0.0260. The smallest absolute Gasteiger partial charge is 0.311 e. The van der Waals surface area contributed by atoms with Crippen molar-refractivity contribution in [2.75, 3.05) is 20.2 Å². The van der Waals surface area contributed by atoms with E-state index in [0.29, 0.717) is 13.1 Å². The highest BCUT2D eigenvalue weighted by Crippen LogP contribution is 2.30. The van der Waals surface area contributed by atoms with Crippen molar-refractivity contribution in [3.8, 4) is 0 Å². The maximum absolute atomic E-state index is 12.4. The minimum atomic E-state index is -0.467. The fourth-order valence-electron chi connectivity index (χ4n) is 4.10. The predicted molar refractivity (Wildman–Crippen MR) is 109 cm³/mol. The molecule has 2 aliphatic rings. The van der Waals surface area contributed by atoms with E-state index in [0.717, 1.165) is 40.9 Å². The molecule has 29 heavy (non-hydrogen) atoms. The maximum atomic E-state index is 12.4. The molecule has 1 atom stereocenters. The van der Waals surface area contributed by atoms with Crippen LogP contribution in [0, 0.1) is 5.92 Å². The van der Waals surface area contributed by atoms with Crippen LogP contribution < -0.4 is 0 Å². The molecule has 0 spiro atoms. The number of benzene rings is 1. The SMILES string of the molecule is CN(Cc1nc2ccccc2s1)C(=O)COC(=O)[C@H]1CC(=O)N(C2CCCC2)C1. The second-order valence-electron chi connectivity index (χ2n) is 7.82. The number of para-hydroxylation sites is 1. The number of fused-ring (bicyclic) bond motifs is 1. The van der Waals surface area contributed by atoms with Gasteiger partial charge in [-0.1, -0.05) is 25.0 Å². The van der Waals surface area contributed by atoms with Gasteiger partial charge in [0, 0.05) is 26.1 Å². The van der Waals surface area contributed by atoms with E-state index in [9.17, 15) is 14.4 Å². The Labute approximate surface area is 173 Å². The summed E-state index contributed by atoms with van der Waals surface area (Å²) in [7, 11) is 1.67. The van der Waals surface area contributed by atoms with Crippen molar-refractivity contribution >= 4 is 39.3 Å². The molecule has 1 aliphatic heterocycles. The van der Waals surface area contributed by atoms with E-state index >= 15 is 0 Å². The first-order valence-corrected chi connectivity index (χ1v) is 10.9. The van der Waals surface area contributed by atoms with Crippen molar-refractivity contribution in [3.05, 3.63) is 29.3 Å². The number of rotatable bonds is 6. The van der Waals surface area contributed by atoms with Crippen LogP contribution in [0.25, 0.3) is 10.2 Å². The first kappa shape index (κ1) is 19.8. The molecule has 2 aromatic rings. The summed E-state index contributed by atoms with van der Waals surface area (Å²) in [6, 6.07) is 8.10. The van der Waals surface area contributed by atoms with Crippen LogP contribution in [-0.2, 0) is 25.7 Å². The Balaban J connectivity index is 1.26. The number of carbonyl (C=O) groups is 3. The molecular formula is C21H25N3O4S. The quantitative estimate of drug-likeness (QED) is 0.678. The van der Waals surface area contributed by atoms with Crippen LogP contribution in [0.1, 0.15) is 37.1 Å². The van der Waals surface area contributed by atoms with Crippen LogP contribution in [-0.4, -0.2) is 58.8 Å². The van der Waals surface area contributed by atoms with Gasteiger partial charge in [-0.15, -0.1) is 11.3 Å². The number of ether oxygens (including phenoxy) is 1. The Hall–Kier alpha value is -2.48.